The van der Waals surface area contributed by atoms with Crippen LogP contribution in [0.1, 0.15) is 11.1 Å². The van der Waals surface area contributed by atoms with Gasteiger partial charge in [0.25, 0.3) is 0 Å². The van der Waals surface area contributed by atoms with Gasteiger partial charge in [-0.15, -0.1) is 0 Å². The molecule has 0 unspecified atom stereocenters. The first-order valence-corrected chi connectivity index (χ1v) is 6.64. The normalized spacial score (nSPS) is 10.9. The summed E-state index contributed by atoms with van der Waals surface area (Å²) in [4.78, 5) is 8.85. The second-order valence-corrected chi connectivity index (χ2v) is 4.94. The molecular formula is C15H17N5. The highest BCUT2D eigenvalue weighted by molar-refractivity contribution is 5.49. The van der Waals surface area contributed by atoms with Gasteiger partial charge in [-0.25, -0.2) is 4.98 Å². The van der Waals surface area contributed by atoms with E-state index in [1.165, 1.54) is 5.56 Å². The van der Waals surface area contributed by atoms with Gasteiger partial charge in [0.05, 0.1) is 6.20 Å². The van der Waals surface area contributed by atoms with E-state index in [1.54, 1.807) is 0 Å². The SMILES string of the molecule is Cc1ccc(-c2nccn2CCc2cnn(C)c2)nc1. The molecule has 0 fully saturated rings. The first-order chi connectivity index (χ1) is 9.72. The standard InChI is InChI=1S/C15H17N5/c1-12-3-4-14(17-9-12)15-16-6-8-20(15)7-5-13-10-18-19(2)11-13/h3-4,6,8-11H,5,7H2,1-2H3. The van der Waals surface area contributed by atoms with E-state index in [-0.39, 0.29) is 0 Å². The first kappa shape index (κ1) is 12.6. The van der Waals surface area contributed by atoms with Crippen LogP contribution in [0.3, 0.4) is 0 Å². The zero-order chi connectivity index (χ0) is 13.9. The summed E-state index contributed by atoms with van der Waals surface area (Å²) in [5, 5.41) is 4.19. The molecule has 3 rings (SSSR count). The Hall–Kier alpha value is -2.43. The summed E-state index contributed by atoms with van der Waals surface area (Å²) >= 11 is 0. The van der Waals surface area contributed by atoms with Gasteiger partial charge in [0.1, 0.15) is 5.69 Å². The van der Waals surface area contributed by atoms with Gasteiger partial charge in [0, 0.05) is 38.4 Å². The van der Waals surface area contributed by atoms with Crippen molar-refractivity contribution in [2.24, 2.45) is 7.05 Å². The van der Waals surface area contributed by atoms with Crippen LogP contribution in [-0.2, 0) is 20.0 Å². The molecule has 0 saturated heterocycles. The Bertz CT molecular complexity index is 693. The lowest BCUT2D eigenvalue weighted by Crippen LogP contribution is -2.03. The molecule has 0 N–H and O–H groups in total. The molecule has 0 radical (unpaired) electrons. The molecule has 20 heavy (non-hydrogen) atoms. The van der Waals surface area contributed by atoms with Crippen LogP contribution in [0, 0.1) is 6.92 Å². The van der Waals surface area contributed by atoms with E-state index in [1.807, 2.05) is 55.7 Å². The highest BCUT2D eigenvalue weighted by atomic mass is 15.2. The summed E-state index contributed by atoms with van der Waals surface area (Å²) in [6.45, 7) is 2.91. The minimum absolute atomic E-state index is 0.872. The van der Waals surface area contributed by atoms with Crippen molar-refractivity contribution in [3.8, 4) is 11.5 Å². The number of pyridine rings is 1. The van der Waals surface area contributed by atoms with E-state index in [0.717, 1.165) is 30.0 Å². The van der Waals surface area contributed by atoms with Crippen LogP contribution in [0.5, 0.6) is 0 Å². The van der Waals surface area contributed by atoms with Gasteiger partial charge in [-0.3, -0.25) is 9.67 Å². The highest BCUT2D eigenvalue weighted by Gasteiger charge is 2.07. The van der Waals surface area contributed by atoms with Crippen molar-refractivity contribution < 1.29 is 0 Å². The van der Waals surface area contributed by atoms with Crippen molar-refractivity contribution in [3.05, 3.63) is 54.2 Å². The number of nitrogens with zero attached hydrogens (tertiary/aromatic N) is 5. The van der Waals surface area contributed by atoms with Crippen LogP contribution in [0.25, 0.3) is 11.5 Å². The third kappa shape index (κ3) is 2.61. The third-order valence-corrected chi connectivity index (χ3v) is 3.26. The van der Waals surface area contributed by atoms with Crippen molar-refractivity contribution >= 4 is 0 Å². The van der Waals surface area contributed by atoms with Gasteiger partial charge in [0.2, 0.25) is 0 Å². The Labute approximate surface area is 117 Å². The molecule has 0 saturated carbocycles. The minimum atomic E-state index is 0.872. The Morgan fingerprint density at radius 2 is 2.05 bits per heavy atom. The maximum atomic E-state index is 4.44. The number of aromatic nitrogens is 5. The van der Waals surface area contributed by atoms with Crippen LogP contribution in [-0.4, -0.2) is 24.3 Å². The molecule has 0 aliphatic carbocycles. The van der Waals surface area contributed by atoms with Gasteiger partial charge in [-0.1, -0.05) is 6.07 Å². The lowest BCUT2D eigenvalue weighted by atomic mass is 10.2. The maximum Gasteiger partial charge on any atom is 0.158 e. The van der Waals surface area contributed by atoms with E-state index < -0.39 is 0 Å². The van der Waals surface area contributed by atoms with Gasteiger partial charge in [-0.05, 0) is 30.5 Å². The topological polar surface area (TPSA) is 48.5 Å². The predicted molar refractivity (Wildman–Crippen MR) is 77.1 cm³/mol. The van der Waals surface area contributed by atoms with E-state index >= 15 is 0 Å². The molecule has 0 spiro atoms. The van der Waals surface area contributed by atoms with Crippen LogP contribution in [0.2, 0.25) is 0 Å². The molecule has 0 bridgehead atoms. The fourth-order valence-corrected chi connectivity index (χ4v) is 2.17. The van der Waals surface area contributed by atoms with Crippen molar-refractivity contribution in [2.75, 3.05) is 0 Å². The molecule has 5 heteroatoms. The molecule has 3 heterocycles. The number of aryl methyl sites for hydroxylation is 4. The Morgan fingerprint density at radius 1 is 1.15 bits per heavy atom. The van der Waals surface area contributed by atoms with Crippen LogP contribution in [0.15, 0.2) is 43.1 Å². The summed E-state index contributed by atoms with van der Waals surface area (Å²) < 4.78 is 3.95. The molecule has 3 aromatic heterocycles. The smallest absolute Gasteiger partial charge is 0.158 e. The van der Waals surface area contributed by atoms with E-state index in [0.29, 0.717) is 0 Å². The average molecular weight is 267 g/mol. The number of hydrogen-bond donors (Lipinski definition) is 0. The van der Waals surface area contributed by atoms with E-state index in [9.17, 15) is 0 Å². The van der Waals surface area contributed by atoms with Crippen LogP contribution in [0.4, 0.5) is 0 Å². The van der Waals surface area contributed by atoms with Gasteiger partial charge in [-0.2, -0.15) is 5.10 Å². The van der Waals surface area contributed by atoms with Crippen LogP contribution >= 0.6 is 0 Å². The second kappa shape index (κ2) is 5.28. The molecule has 0 aromatic carbocycles. The molecular weight excluding hydrogens is 250 g/mol. The minimum Gasteiger partial charge on any atom is -0.329 e. The number of hydrogen-bond acceptors (Lipinski definition) is 3. The van der Waals surface area contributed by atoms with Crippen molar-refractivity contribution in [3.63, 3.8) is 0 Å². The maximum absolute atomic E-state index is 4.44. The van der Waals surface area contributed by atoms with Crippen LogP contribution < -0.4 is 0 Å². The zero-order valence-electron chi connectivity index (χ0n) is 11.7. The molecule has 0 amide bonds. The summed E-state index contributed by atoms with van der Waals surface area (Å²) in [7, 11) is 1.93. The largest absolute Gasteiger partial charge is 0.329 e. The van der Waals surface area contributed by atoms with Crippen molar-refractivity contribution in [1.29, 1.82) is 0 Å². The summed E-state index contributed by atoms with van der Waals surface area (Å²) in [5.74, 6) is 0.911. The third-order valence-electron chi connectivity index (χ3n) is 3.26. The summed E-state index contributed by atoms with van der Waals surface area (Å²) in [6, 6.07) is 4.07. The molecule has 5 nitrogen and oxygen atoms in total. The van der Waals surface area contributed by atoms with E-state index in [4.69, 9.17) is 0 Å². The highest BCUT2D eigenvalue weighted by Crippen LogP contribution is 2.15. The van der Waals surface area contributed by atoms with E-state index in [2.05, 4.69) is 25.7 Å². The zero-order valence-corrected chi connectivity index (χ0v) is 11.7. The van der Waals surface area contributed by atoms with Gasteiger partial charge >= 0.3 is 0 Å². The van der Waals surface area contributed by atoms with Crippen molar-refractivity contribution in [1.82, 2.24) is 24.3 Å². The fourth-order valence-electron chi connectivity index (χ4n) is 2.17. The van der Waals surface area contributed by atoms with Gasteiger partial charge < -0.3 is 4.57 Å². The summed E-state index contributed by atoms with van der Waals surface area (Å²) in [5.41, 5.74) is 3.29. The predicted octanol–water partition coefficient (Wildman–Crippen LogP) is 2.23. The Kier molecular flexibility index (Phi) is 3.33. The second-order valence-electron chi connectivity index (χ2n) is 4.94. The number of rotatable bonds is 4. The quantitative estimate of drug-likeness (QED) is 0.728. The summed E-state index contributed by atoms with van der Waals surface area (Å²) in [6.07, 6.45) is 10.6. The monoisotopic (exact) mass is 267 g/mol. The molecule has 3 aromatic rings. The first-order valence-electron chi connectivity index (χ1n) is 6.64. The average Bonchev–Trinajstić information content (AvgIpc) is 3.06. The Balaban J connectivity index is 1.78. The number of imidazole rings is 1. The van der Waals surface area contributed by atoms with Gasteiger partial charge in [0.15, 0.2) is 5.82 Å². The molecule has 0 atom stereocenters. The molecule has 0 aliphatic rings. The molecule has 102 valence electrons. The molecule has 0 aliphatic heterocycles. The fraction of sp³-hybridized carbons (Fsp3) is 0.267. The van der Waals surface area contributed by atoms with Crippen molar-refractivity contribution in [2.45, 2.75) is 19.9 Å². The Morgan fingerprint density at radius 3 is 2.75 bits per heavy atom. The lowest BCUT2D eigenvalue weighted by molar-refractivity contribution is 0.700. The lowest BCUT2D eigenvalue weighted by Gasteiger charge is -2.06.